The first-order valence-electron chi connectivity index (χ1n) is 13.0. The third kappa shape index (κ3) is 4.39. The topological polar surface area (TPSA) is 61.9 Å². The summed E-state index contributed by atoms with van der Waals surface area (Å²) in [7, 11) is 0. The van der Waals surface area contributed by atoms with E-state index in [1.165, 1.54) is 11.1 Å². The van der Waals surface area contributed by atoms with Crippen LogP contribution in [0.3, 0.4) is 0 Å². The largest absolute Gasteiger partial charge is 0.494 e. The van der Waals surface area contributed by atoms with Gasteiger partial charge in [0.1, 0.15) is 11.9 Å². The van der Waals surface area contributed by atoms with Gasteiger partial charge in [-0.3, -0.25) is 14.5 Å². The predicted octanol–water partition coefficient (Wildman–Crippen LogP) is 6.05. The van der Waals surface area contributed by atoms with E-state index in [4.69, 9.17) is 4.74 Å². The van der Waals surface area contributed by atoms with Gasteiger partial charge < -0.3 is 15.0 Å². The normalized spacial score (nSPS) is 16.1. The lowest BCUT2D eigenvalue weighted by atomic mass is 9.99. The molecular weight excluding hydrogens is 474 g/mol. The van der Waals surface area contributed by atoms with Crippen molar-refractivity contribution >= 4 is 23.2 Å². The quantitative estimate of drug-likeness (QED) is 0.348. The van der Waals surface area contributed by atoms with Gasteiger partial charge in [-0.15, -0.1) is 0 Å². The van der Waals surface area contributed by atoms with Gasteiger partial charge >= 0.3 is 0 Å². The Bertz CT molecular complexity index is 1500. The molecule has 1 N–H and O–H groups in total. The maximum Gasteiger partial charge on any atom is 0.260 e. The van der Waals surface area contributed by atoms with E-state index in [1.807, 2.05) is 96.8 Å². The second kappa shape index (κ2) is 10.1. The molecule has 0 bridgehead atoms. The number of fused-ring (bicyclic) bond motifs is 2. The molecule has 0 aliphatic carbocycles. The van der Waals surface area contributed by atoms with E-state index < -0.39 is 6.17 Å². The minimum absolute atomic E-state index is 0.00872. The molecule has 2 heterocycles. The van der Waals surface area contributed by atoms with Crippen molar-refractivity contribution < 1.29 is 14.3 Å². The van der Waals surface area contributed by atoms with Crippen molar-refractivity contribution in [3.05, 3.63) is 125 Å². The Balaban J connectivity index is 1.27. The van der Waals surface area contributed by atoms with Crippen LogP contribution < -0.4 is 15.0 Å². The summed E-state index contributed by atoms with van der Waals surface area (Å²) in [5.74, 6) is 0.701. The van der Waals surface area contributed by atoms with Crippen LogP contribution in [0.2, 0.25) is 0 Å². The lowest BCUT2D eigenvalue weighted by Gasteiger charge is -2.29. The molecule has 0 spiro atoms. The third-order valence-electron chi connectivity index (χ3n) is 7.22. The fourth-order valence-electron chi connectivity index (χ4n) is 5.35. The molecule has 2 amide bonds. The van der Waals surface area contributed by atoms with Gasteiger partial charge in [0.2, 0.25) is 0 Å². The number of carbonyl (C=O) groups is 2. The van der Waals surface area contributed by atoms with E-state index in [1.54, 1.807) is 4.90 Å². The summed E-state index contributed by atoms with van der Waals surface area (Å²) in [6.45, 7) is 3.83. The van der Waals surface area contributed by atoms with Crippen molar-refractivity contribution in [1.29, 1.82) is 0 Å². The van der Waals surface area contributed by atoms with Crippen LogP contribution >= 0.6 is 0 Å². The number of rotatable bonds is 6. The Hall–Kier alpha value is -4.58. The molecule has 6 heteroatoms. The zero-order valence-corrected chi connectivity index (χ0v) is 21.3. The lowest BCUT2D eigenvalue weighted by Crippen LogP contribution is -2.36. The molecule has 2 aliphatic rings. The molecular formula is C32H29N3O3. The van der Waals surface area contributed by atoms with Crippen LogP contribution in [0, 0.1) is 0 Å². The fraction of sp³-hybridized carbons (Fsp3) is 0.188. The highest BCUT2D eigenvalue weighted by Gasteiger charge is 2.37. The number of amides is 2. The molecule has 0 radical (unpaired) electrons. The van der Waals surface area contributed by atoms with E-state index in [0.29, 0.717) is 30.8 Å². The molecule has 6 rings (SSSR count). The van der Waals surface area contributed by atoms with E-state index in [2.05, 4.69) is 17.4 Å². The van der Waals surface area contributed by atoms with E-state index in [-0.39, 0.29) is 11.8 Å². The van der Waals surface area contributed by atoms with Crippen LogP contribution in [0.25, 0.3) is 0 Å². The van der Waals surface area contributed by atoms with Gasteiger partial charge in [-0.25, -0.2) is 0 Å². The van der Waals surface area contributed by atoms with Crippen LogP contribution in [-0.4, -0.2) is 29.9 Å². The van der Waals surface area contributed by atoms with Gasteiger partial charge in [0.25, 0.3) is 11.8 Å². The fourth-order valence-corrected chi connectivity index (χ4v) is 5.35. The van der Waals surface area contributed by atoms with Gasteiger partial charge in [-0.1, -0.05) is 48.5 Å². The highest BCUT2D eigenvalue weighted by molar-refractivity contribution is 6.11. The summed E-state index contributed by atoms with van der Waals surface area (Å²) in [5, 5.41) is 3.53. The number of hydrogen-bond acceptors (Lipinski definition) is 4. The number of hydrogen-bond donors (Lipinski definition) is 1. The predicted molar refractivity (Wildman–Crippen MR) is 149 cm³/mol. The second-order valence-electron chi connectivity index (χ2n) is 9.56. The molecule has 0 aromatic heterocycles. The Morgan fingerprint density at radius 3 is 2.50 bits per heavy atom. The standard InChI is InChI=1S/C32H29N3O3/c1-2-38-27-16-14-26(15-17-27)35-30(28-12-5-6-13-29(28)32(35)37)33-25-11-7-10-23(20-25)31(36)34-19-18-22-8-3-4-9-24(22)21-34/h3-17,20,30,33H,2,18-19,21H2,1H3/t30-/m0/s1. The monoisotopic (exact) mass is 503 g/mol. The van der Waals surface area contributed by atoms with E-state index in [0.717, 1.165) is 29.1 Å². The summed E-state index contributed by atoms with van der Waals surface area (Å²) >= 11 is 0. The maximum absolute atomic E-state index is 13.5. The zero-order chi connectivity index (χ0) is 26.1. The lowest BCUT2D eigenvalue weighted by molar-refractivity contribution is 0.0734. The van der Waals surface area contributed by atoms with Gasteiger partial charge in [0.05, 0.1) is 6.61 Å². The first-order valence-corrected chi connectivity index (χ1v) is 13.0. The average molecular weight is 504 g/mol. The number of ether oxygens (including phenoxy) is 1. The Labute approximate surface area is 222 Å². The van der Waals surface area contributed by atoms with Gasteiger partial charge in [0, 0.05) is 41.2 Å². The van der Waals surface area contributed by atoms with Crippen LogP contribution in [0.4, 0.5) is 11.4 Å². The summed E-state index contributed by atoms with van der Waals surface area (Å²) < 4.78 is 5.58. The molecule has 0 fully saturated rings. The Morgan fingerprint density at radius 1 is 0.921 bits per heavy atom. The second-order valence-corrected chi connectivity index (χ2v) is 9.56. The van der Waals surface area contributed by atoms with E-state index in [9.17, 15) is 9.59 Å². The molecule has 38 heavy (non-hydrogen) atoms. The van der Waals surface area contributed by atoms with Crippen molar-refractivity contribution in [2.24, 2.45) is 0 Å². The van der Waals surface area contributed by atoms with Gasteiger partial charge in [-0.05, 0) is 73.0 Å². The van der Waals surface area contributed by atoms with Crippen LogP contribution in [-0.2, 0) is 13.0 Å². The van der Waals surface area contributed by atoms with Crippen LogP contribution in [0.5, 0.6) is 5.75 Å². The smallest absolute Gasteiger partial charge is 0.260 e. The van der Waals surface area contributed by atoms with Crippen molar-refractivity contribution in [3.63, 3.8) is 0 Å². The van der Waals surface area contributed by atoms with Gasteiger partial charge in [-0.2, -0.15) is 0 Å². The minimum Gasteiger partial charge on any atom is -0.494 e. The van der Waals surface area contributed by atoms with Crippen molar-refractivity contribution in [3.8, 4) is 5.75 Å². The molecule has 190 valence electrons. The number of anilines is 2. The van der Waals surface area contributed by atoms with Crippen LogP contribution in [0.1, 0.15) is 50.5 Å². The molecule has 0 saturated heterocycles. The SMILES string of the molecule is CCOc1ccc(N2C(=O)c3ccccc3[C@H]2Nc2cccc(C(=O)N3CCc4ccccc4C3)c2)cc1. The molecule has 0 unspecified atom stereocenters. The van der Waals surface area contributed by atoms with Crippen molar-refractivity contribution in [2.45, 2.75) is 26.1 Å². The zero-order valence-electron chi connectivity index (χ0n) is 21.3. The number of nitrogens with zero attached hydrogens (tertiary/aromatic N) is 2. The molecule has 4 aromatic carbocycles. The minimum atomic E-state index is -0.413. The maximum atomic E-state index is 13.5. The van der Waals surface area contributed by atoms with Crippen LogP contribution in [0.15, 0.2) is 97.1 Å². The average Bonchev–Trinajstić information content (AvgIpc) is 3.24. The molecule has 4 aromatic rings. The number of carbonyl (C=O) groups excluding carboxylic acids is 2. The van der Waals surface area contributed by atoms with Crippen molar-refractivity contribution in [1.82, 2.24) is 4.90 Å². The molecule has 1 atom stereocenters. The molecule has 2 aliphatic heterocycles. The van der Waals surface area contributed by atoms with Crippen molar-refractivity contribution in [2.75, 3.05) is 23.4 Å². The Kier molecular flexibility index (Phi) is 6.30. The van der Waals surface area contributed by atoms with Gasteiger partial charge in [0.15, 0.2) is 0 Å². The summed E-state index contributed by atoms with van der Waals surface area (Å²) in [6.07, 6.45) is 0.446. The highest BCUT2D eigenvalue weighted by Crippen LogP contribution is 2.38. The first-order chi connectivity index (χ1) is 18.6. The summed E-state index contributed by atoms with van der Waals surface area (Å²) in [4.78, 5) is 30.6. The molecule has 6 nitrogen and oxygen atoms in total. The summed E-state index contributed by atoms with van der Waals surface area (Å²) in [5.41, 5.74) is 6.25. The first kappa shape index (κ1) is 23.8. The highest BCUT2D eigenvalue weighted by atomic mass is 16.5. The Morgan fingerprint density at radius 2 is 1.68 bits per heavy atom. The van der Waals surface area contributed by atoms with E-state index >= 15 is 0 Å². The number of nitrogens with one attached hydrogen (secondary N) is 1. The number of benzene rings is 4. The third-order valence-corrected chi connectivity index (χ3v) is 7.22. The summed E-state index contributed by atoms with van der Waals surface area (Å²) in [6, 6.07) is 31.1. The molecule has 0 saturated carbocycles.